The topological polar surface area (TPSA) is 43.8 Å². The van der Waals surface area contributed by atoms with E-state index >= 15 is 0 Å². The third-order valence-electron chi connectivity index (χ3n) is 4.62. The van der Waals surface area contributed by atoms with E-state index in [1.54, 1.807) is 0 Å². The van der Waals surface area contributed by atoms with Gasteiger partial charge in [-0.15, -0.1) is 0 Å². The monoisotopic (exact) mass is 285 g/mol. The molecule has 1 aromatic carbocycles. The van der Waals surface area contributed by atoms with Gasteiger partial charge < -0.3 is 10.3 Å². The predicted molar refractivity (Wildman–Crippen MR) is 88.4 cm³/mol. The zero-order valence-electron chi connectivity index (χ0n) is 13.5. The zero-order chi connectivity index (χ0) is 15.0. The minimum Gasteiger partial charge on any atom is -0.326 e. The van der Waals surface area contributed by atoms with Gasteiger partial charge in [0.15, 0.2) is 0 Å². The number of benzene rings is 1. The second kappa shape index (κ2) is 5.45. The molecule has 0 atom stereocenters. The first-order valence-corrected chi connectivity index (χ1v) is 8.22. The third-order valence-corrected chi connectivity index (χ3v) is 4.62. The summed E-state index contributed by atoms with van der Waals surface area (Å²) >= 11 is 0. The first-order valence-electron chi connectivity index (χ1n) is 8.22. The van der Waals surface area contributed by atoms with Crippen LogP contribution < -0.4 is 5.73 Å². The summed E-state index contributed by atoms with van der Waals surface area (Å²) in [4.78, 5) is 5.02. The first kappa shape index (κ1) is 14.6. The number of imidazole rings is 1. The van der Waals surface area contributed by atoms with E-state index < -0.39 is 0 Å². The number of nitrogens with zero attached hydrogens (tertiary/aromatic N) is 2. The maximum Gasteiger partial charge on any atom is 0.113 e. The quantitative estimate of drug-likeness (QED) is 0.894. The first-order chi connectivity index (χ1) is 10.0. The maximum absolute atomic E-state index is 5.78. The molecule has 0 radical (unpaired) electrons. The summed E-state index contributed by atoms with van der Waals surface area (Å²) in [5.41, 5.74) is 9.36. The van der Waals surface area contributed by atoms with Gasteiger partial charge in [-0.25, -0.2) is 4.98 Å². The molecule has 1 aromatic heterocycles. The highest BCUT2D eigenvalue weighted by atomic mass is 15.1. The molecule has 3 nitrogen and oxygen atoms in total. The Kier molecular flexibility index (Phi) is 3.78. The van der Waals surface area contributed by atoms with E-state index in [9.17, 15) is 0 Å². The summed E-state index contributed by atoms with van der Waals surface area (Å²) in [5.74, 6) is 1.90. The molecule has 1 aliphatic carbocycles. The Labute approximate surface area is 127 Å². The molecule has 0 bridgehead atoms. The molecular formula is C18H27N3. The molecule has 0 saturated heterocycles. The van der Waals surface area contributed by atoms with Crippen molar-refractivity contribution < 1.29 is 0 Å². The van der Waals surface area contributed by atoms with E-state index in [4.69, 9.17) is 10.7 Å². The summed E-state index contributed by atoms with van der Waals surface area (Å²) in [5, 5.41) is 0. The summed E-state index contributed by atoms with van der Waals surface area (Å²) in [6.07, 6.45) is 6.62. The second-order valence-corrected chi connectivity index (χ2v) is 7.34. The molecule has 0 unspecified atom stereocenters. The Bertz CT molecular complexity index is 628. The maximum atomic E-state index is 5.78. The summed E-state index contributed by atoms with van der Waals surface area (Å²) in [7, 11) is 0. The Morgan fingerprint density at radius 1 is 1.19 bits per heavy atom. The minimum atomic E-state index is 0.0613. The van der Waals surface area contributed by atoms with Gasteiger partial charge >= 0.3 is 0 Å². The summed E-state index contributed by atoms with van der Waals surface area (Å²) < 4.78 is 2.46. The molecule has 0 spiro atoms. The number of nitrogens with two attached hydrogens (primary N) is 1. The summed E-state index contributed by atoms with van der Waals surface area (Å²) in [6, 6.07) is 6.49. The van der Waals surface area contributed by atoms with Crippen molar-refractivity contribution in [1.29, 1.82) is 0 Å². The van der Waals surface area contributed by atoms with Gasteiger partial charge in [0, 0.05) is 18.0 Å². The van der Waals surface area contributed by atoms with Crippen LogP contribution in [0.1, 0.15) is 70.2 Å². The lowest BCUT2D eigenvalue weighted by Crippen LogP contribution is -2.26. The standard InChI is InChI=1S/C18H27N3/c1-18(2,3)21-16-10-9-13(12-19)11-15(16)20-17(21)14-7-5-4-6-8-14/h9-11,14H,4-8,12,19H2,1-3H3. The number of hydrogen-bond acceptors (Lipinski definition) is 2. The van der Waals surface area contributed by atoms with Gasteiger partial charge in [0.1, 0.15) is 5.82 Å². The smallest absolute Gasteiger partial charge is 0.113 e. The molecule has 2 aromatic rings. The lowest BCUT2D eigenvalue weighted by molar-refractivity contribution is 0.353. The van der Waals surface area contributed by atoms with Crippen LogP contribution in [0.15, 0.2) is 18.2 Å². The number of rotatable bonds is 2. The molecule has 21 heavy (non-hydrogen) atoms. The predicted octanol–water partition coefficient (Wildman–Crippen LogP) is 4.30. The van der Waals surface area contributed by atoms with Gasteiger partial charge in [0.2, 0.25) is 0 Å². The van der Waals surface area contributed by atoms with Crippen LogP contribution in [-0.4, -0.2) is 9.55 Å². The Balaban J connectivity index is 2.16. The average Bonchev–Trinajstić information content (AvgIpc) is 2.86. The summed E-state index contributed by atoms with van der Waals surface area (Å²) in [6.45, 7) is 7.41. The fourth-order valence-corrected chi connectivity index (χ4v) is 3.61. The second-order valence-electron chi connectivity index (χ2n) is 7.34. The van der Waals surface area contributed by atoms with E-state index in [2.05, 4.69) is 43.5 Å². The van der Waals surface area contributed by atoms with Crippen molar-refractivity contribution in [1.82, 2.24) is 9.55 Å². The number of fused-ring (bicyclic) bond motifs is 1. The van der Waals surface area contributed by atoms with E-state index in [1.807, 2.05) is 0 Å². The van der Waals surface area contributed by atoms with Crippen molar-refractivity contribution in [3.05, 3.63) is 29.6 Å². The van der Waals surface area contributed by atoms with Gasteiger partial charge in [-0.05, 0) is 51.3 Å². The zero-order valence-corrected chi connectivity index (χ0v) is 13.5. The average molecular weight is 285 g/mol. The van der Waals surface area contributed by atoms with Crippen molar-refractivity contribution in [2.75, 3.05) is 0 Å². The molecule has 2 N–H and O–H groups in total. The molecule has 114 valence electrons. The van der Waals surface area contributed by atoms with Gasteiger partial charge in [-0.3, -0.25) is 0 Å². The van der Waals surface area contributed by atoms with Crippen LogP contribution in [0.4, 0.5) is 0 Å². The van der Waals surface area contributed by atoms with Crippen molar-refractivity contribution in [2.24, 2.45) is 5.73 Å². The molecule has 0 aliphatic heterocycles. The van der Waals surface area contributed by atoms with E-state index in [0.29, 0.717) is 12.5 Å². The molecule has 1 saturated carbocycles. The SMILES string of the molecule is CC(C)(C)n1c(C2CCCCC2)nc2cc(CN)ccc21. The molecule has 3 heteroatoms. The van der Waals surface area contributed by atoms with Gasteiger partial charge in [-0.1, -0.05) is 25.3 Å². The lowest BCUT2D eigenvalue weighted by Gasteiger charge is -2.29. The van der Waals surface area contributed by atoms with Crippen molar-refractivity contribution in [3.8, 4) is 0 Å². The van der Waals surface area contributed by atoms with Crippen LogP contribution in [0.2, 0.25) is 0 Å². The normalized spacial score (nSPS) is 17.5. The van der Waals surface area contributed by atoms with Crippen LogP contribution in [-0.2, 0) is 12.1 Å². The van der Waals surface area contributed by atoms with Crippen LogP contribution in [0, 0.1) is 0 Å². The van der Waals surface area contributed by atoms with Crippen LogP contribution >= 0.6 is 0 Å². The molecule has 1 fully saturated rings. The van der Waals surface area contributed by atoms with Gasteiger partial charge in [0.25, 0.3) is 0 Å². The Morgan fingerprint density at radius 2 is 1.90 bits per heavy atom. The van der Waals surface area contributed by atoms with Crippen LogP contribution in [0.3, 0.4) is 0 Å². The molecule has 1 aliphatic rings. The van der Waals surface area contributed by atoms with E-state index in [1.165, 1.54) is 43.4 Å². The third kappa shape index (κ3) is 2.71. The highest BCUT2D eigenvalue weighted by Crippen LogP contribution is 2.36. The van der Waals surface area contributed by atoms with Crippen molar-refractivity contribution in [3.63, 3.8) is 0 Å². The minimum absolute atomic E-state index is 0.0613. The molecule has 0 amide bonds. The van der Waals surface area contributed by atoms with Crippen molar-refractivity contribution in [2.45, 2.75) is 70.9 Å². The highest BCUT2D eigenvalue weighted by molar-refractivity contribution is 5.77. The van der Waals surface area contributed by atoms with Crippen molar-refractivity contribution >= 4 is 11.0 Å². The van der Waals surface area contributed by atoms with Crippen LogP contribution in [0.25, 0.3) is 11.0 Å². The molecular weight excluding hydrogens is 258 g/mol. The largest absolute Gasteiger partial charge is 0.326 e. The molecule has 3 rings (SSSR count). The van der Waals surface area contributed by atoms with Gasteiger partial charge in [0.05, 0.1) is 11.0 Å². The van der Waals surface area contributed by atoms with E-state index in [0.717, 1.165) is 11.1 Å². The Morgan fingerprint density at radius 3 is 2.52 bits per heavy atom. The fourth-order valence-electron chi connectivity index (χ4n) is 3.61. The number of aromatic nitrogens is 2. The van der Waals surface area contributed by atoms with Crippen LogP contribution in [0.5, 0.6) is 0 Å². The molecule has 1 heterocycles. The van der Waals surface area contributed by atoms with E-state index in [-0.39, 0.29) is 5.54 Å². The lowest BCUT2D eigenvalue weighted by atomic mass is 9.88. The number of hydrogen-bond donors (Lipinski definition) is 1. The fraction of sp³-hybridized carbons (Fsp3) is 0.611. The van der Waals surface area contributed by atoms with Gasteiger partial charge in [-0.2, -0.15) is 0 Å². The Hall–Kier alpha value is -1.35. The highest BCUT2D eigenvalue weighted by Gasteiger charge is 2.27.